The minimum Gasteiger partial charge on any atom is -0.341 e. The van der Waals surface area contributed by atoms with E-state index in [2.05, 4.69) is 11.8 Å². The Balaban J connectivity index is 2.49. The number of hydrogen-bond donors (Lipinski definition) is 1. The summed E-state index contributed by atoms with van der Waals surface area (Å²) in [4.78, 5) is 16.7. The molecule has 0 aliphatic carbocycles. The molecule has 106 valence electrons. The lowest BCUT2D eigenvalue weighted by atomic mass is 9.95. The number of rotatable bonds is 5. The van der Waals surface area contributed by atoms with Crippen molar-refractivity contribution in [1.82, 2.24) is 9.80 Å². The maximum Gasteiger partial charge on any atom is 0.242 e. The van der Waals surface area contributed by atoms with Gasteiger partial charge in [0.25, 0.3) is 0 Å². The molecule has 0 aromatic carbocycles. The molecule has 0 aromatic heterocycles. The lowest BCUT2D eigenvalue weighted by molar-refractivity contribution is -0.138. The van der Waals surface area contributed by atoms with Gasteiger partial charge < -0.3 is 15.5 Å². The second-order valence-electron chi connectivity index (χ2n) is 5.76. The average Bonchev–Trinajstić information content (AvgIpc) is 2.38. The van der Waals surface area contributed by atoms with Crippen LogP contribution in [0.4, 0.5) is 0 Å². The van der Waals surface area contributed by atoms with Crippen molar-refractivity contribution in [2.45, 2.75) is 58.0 Å². The highest BCUT2D eigenvalue weighted by molar-refractivity contribution is 5.85. The number of carbonyl (C=O) groups is 1. The smallest absolute Gasteiger partial charge is 0.242 e. The first kappa shape index (κ1) is 15.4. The molecule has 0 spiro atoms. The highest BCUT2D eigenvalue weighted by Crippen LogP contribution is 2.19. The van der Waals surface area contributed by atoms with Gasteiger partial charge in [-0.15, -0.1) is 0 Å². The van der Waals surface area contributed by atoms with Crippen LogP contribution in [-0.2, 0) is 4.79 Å². The zero-order chi connectivity index (χ0) is 13.8. The van der Waals surface area contributed by atoms with E-state index in [1.54, 1.807) is 0 Å². The van der Waals surface area contributed by atoms with E-state index in [-0.39, 0.29) is 5.91 Å². The monoisotopic (exact) mass is 255 g/mol. The van der Waals surface area contributed by atoms with E-state index in [1.165, 1.54) is 13.0 Å². The highest BCUT2D eigenvalue weighted by Gasteiger charge is 2.33. The predicted octanol–water partition coefficient (Wildman–Crippen LogP) is 1.45. The molecule has 0 aromatic rings. The highest BCUT2D eigenvalue weighted by atomic mass is 16.2. The third kappa shape index (κ3) is 3.69. The standard InChI is InChI=1S/C14H29N3O/c1-5-9-17-10-7-12(8-11-17)16(4)13(18)14(3,15)6-2/h12H,5-11,15H2,1-4H3. The third-order valence-electron chi connectivity index (χ3n) is 4.19. The number of carbonyl (C=O) groups excluding carboxylic acids is 1. The summed E-state index contributed by atoms with van der Waals surface area (Å²) in [6.07, 6.45) is 4.03. The lowest BCUT2D eigenvalue weighted by Crippen LogP contribution is -2.56. The van der Waals surface area contributed by atoms with Crippen LogP contribution < -0.4 is 5.73 Å². The fourth-order valence-electron chi connectivity index (χ4n) is 2.57. The molecule has 0 saturated carbocycles. The molecule has 1 amide bonds. The van der Waals surface area contributed by atoms with Crippen molar-refractivity contribution < 1.29 is 4.79 Å². The molecule has 1 heterocycles. The lowest BCUT2D eigenvalue weighted by Gasteiger charge is -2.39. The van der Waals surface area contributed by atoms with Crippen LogP contribution in [0.5, 0.6) is 0 Å². The summed E-state index contributed by atoms with van der Waals surface area (Å²) in [5.74, 6) is 0.0824. The number of hydrogen-bond acceptors (Lipinski definition) is 3. The SMILES string of the molecule is CCCN1CCC(N(C)C(=O)C(C)(N)CC)CC1. The van der Waals surface area contributed by atoms with Gasteiger partial charge in [-0.2, -0.15) is 0 Å². The van der Waals surface area contributed by atoms with Crippen LogP contribution in [0.25, 0.3) is 0 Å². The maximum absolute atomic E-state index is 12.3. The van der Waals surface area contributed by atoms with Crippen molar-refractivity contribution in [2.75, 3.05) is 26.7 Å². The summed E-state index contributed by atoms with van der Waals surface area (Å²) >= 11 is 0. The van der Waals surface area contributed by atoms with Crippen molar-refractivity contribution in [2.24, 2.45) is 5.73 Å². The van der Waals surface area contributed by atoms with Crippen molar-refractivity contribution in [3.8, 4) is 0 Å². The molecular formula is C14H29N3O. The van der Waals surface area contributed by atoms with Crippen LogP contribution in [0.15, 0.2) is 0 Å². The molecule has 0 radical (unpaired) electrons. The van der Waals surface area contributed by atoms with E-state index < -0.39 is 5.54 Å². The number of piperidine rings is 1. The zero-order valence-electron chi connectivity index (χ0n) is 12.4. The van der Waals surface area contributed by atoms with Crippen LogP contribution in [0.3, 0.4) is 0 Å². The van der Waals surface area contributed by atoms with Gasteiger partial charge >= 0.3 is 0 Å². The summed E-state index contributed by atoms with van der Waals surface area (Å²) in [5.41, 5.74) is 5.33. The van der Waals surface area contributed by atoms with Crippen molar-refractivity contribution in [3.63, 3.8) is 0 Å². The zero-order valence-corrected chi connectivity index (χ0v) is 12.4. The normalized spacial score (nSPS) is 21.6. The Morgan fingerprint density at radius 2 is 1.94 bits per heavy atom. The van der Waals surface area contributed by atoms with Crippen LogP contribution in [0.1, 0.15) is 46.5 Å². The number of likely N-dealkylation sites (tertiary alicyclic amines) is 1. The Kier molecular flexibility index (Phi) is 5.60. The van der Waals surface area contributed by atoms with Gasteiger partial charge in [0.05, 0.1) is 5.54 Å². The number of likely N-dealkylation sites (N-methyl/N-ethyl adjacent to an activating group) is 1. The van der Waals surface area contributed by atoms with Crippen LogP contribution in [-0.4, -0.2) is 54.0 Å². The Labute approximate surface area is 111 Å². The molecule has 18 heavy (non-hydrogen) atoms. The Morgan fingerprint density at radius 1 is 1.39 bits per heavy atom. The van der Waals surface area contributed by atoms with Gasteiger partial charge in [0.2, 0.25) is 5.91 Å². The molecule has 4 heteroatoms. The van der Waals surface area contributed by atoms with E-state index in [1.807, 2.05) is 25.8 Å². The second-order valence-corrected chi connectivity index (χ2v) is 5.76. The Morgan fingerprint density at radius 3 is 2.39 bits per heavy atom. The molecule has 1 fully saturated rings. The molecule has 1 aliphatic heterocycles. The van der Waals surface area contributed by atoms with E-state index in [9.17, 15) is 4.79 Å². The van der Waals surface area contributed by atoms with Gasteiger partial charge in [-0.25, -0.2) is 0 Å². The van der Waals surface area contributed by atoms with Crippen LogP contribution in [0.2, 0.25) is 0 Å². The quantitative estimate of drug-likeness (QED) is 0.809. The summed E-state index contributed by atoms with van der Waals surface area (Å²) in [5, 5.41) is 0. The first-order chi connectivity index (χ1) is 8.42. The molecule has 2 N–H and O–H groups in total. The molecule has 1 rings (SSSR count). The molecule has 0 bridgehead atoms. The summed E-state index contributed by atoms with van der Waals surface area (Å²) in [6.45, 7) is 9.39. The Hall–Kier alpha value is -0.610. The molecule has 1 saturated heterocycles. The summed E-state index contributed by atoms with van der Waals surface area (Å²) < 4.78 is 0. The minimum atomic E-state index is -0.713. The number of nitrogens with two attached hydrogens (primary N) is 1. The van der Waals surface area contributed by atoms with E-state index in [0.29, 0.717) is 12.5 Å². The van der Waals surface area contributed by atoms with Gasteiger partial charge in [-0.3, -0.25) is 4.79 Å². The number of amides is 1. The largest absolute Gasteiger partial charge is 0.341 e. The number of nitrogens with zero attached hydrogens (tertiary/aromatic N) is 2. The second kappa shape index (κ2) is 6.53. The van der Waals surface area contributed by atoms with Gasteiger partial charge in [0.15, 0.2) is 0 Å². The Bertz CT molecular complexity index is 270. The van der Waals surface area contributed by atoms with Crippen molar-refractivity contribution in [3.05, 3.63) is 0 Å². The fraction of sp³-hybridized carbons (Fsp3) is 0.929. The molecule has 1 atom stereocenters. The van der Waals surface area contributed by atoms with Crippen molar-refractivity contribution in [1.29, 1.82) is 0 Å². The summed E-state index contributed by atoms with van der Waals surface area (Å²) in [7, 11) is 1.91. The predicted molar refractivity (Wildman–Crippen MR) is 75.4 cm³/mol. The van der Waals surface area contributed by atoms with E-state index >= 15 is 0 Å². The van der Waals surface area contributed by atoms with Crippen LogP contribution >= 0.6 is 0 Å². The molecule has 1 unspecified atom stereocenters. The molecule has 4 nitrogen and oxygen atoms in total. The average molecular weight is 255 g/mol. The van der Waals surface area contributed by atoms with Crippen LogP contribution in [0, 0.1) is 0 Å². The molecular weight excluding hydrogens is 226 g/mol. The van der Waals surface area contributed by atoms with Gasteiger partial charge in [0, 0.05) is 26.2 Å². The first-order valence-electron chi connectivity index (χ1n) is 7.20. The third-order valence-corrected chi connectivity index (χ3v) is 4.19. The van der Waals surface area contributed by atoms with E-state index in [0.717, 1.165) is 25.9 Å². The summed E-state index contributed by atoms with van der Waals surface area (Å²) in [6, 6.07) is 0.361. The van der Waals surface area contributed by atoms with E-state index in [4.69, 9.17) is 5.73 Å². The topological polar surface area (TPSA) is 49.6 Å². The fourth-order valence-corrected chi connectivity index (χ4v) is 2.57. The maximum atomic E-state index is 12.3. The van der Waals surface area contributed by atoms with Gasteiger partial charge in [0.1, 0.15) is 0 Å². The van der Waals surface area contributed by atoms with Gasteiger partial charge in [-0.1, -0.05) is 13.8 Å². The van der Waals surface area contributed by atoms with Gasteiger partial charge in [-0.05, 0) is 39.2 Å². The first-order valence-corrected chi connectivity index (χ1v) is 7.20. The van der Waals surface area contributed by atoms with Crippen molar-refractivity contribution >= 4 is 5.91 Å². The molecule has 1 aliphatic rings. The minimum absolute atomic E-state index is 0.0824.